The third-order valence-electron chi connectivity index (χ3n) is 2.70. The summed E-state index contributed by atoms with van der Waals surface area (Å²) in [5.41, 5.74) is 0. The van der Waals surface area contributed by atoms with Crippen LogP contribution in [0.1, 0.15) is 12.8 Å². The van der Waals surface area contributed by atoms with Gasteiger partial charge in [0.1, 0.15) is 13.1 Å². The van der Waals surface area contributed by atoms with E-state index in [1.807, 2.05) is 0 Å². The van der Waals surface area contributed by atoms with Crippen molar-refractivity contribution in [2.75, 3.05) is 26.2 Å². The number of halogens is 3. The van der Waals surface area contributed by atoms with Crippen molar-refractivity contribution in [1.82, 2.24) is 10.2 Å². The van der Waals surface area contributed by atoms with E-state index in [2.05, 4.69) is 5.32 Å². The molecule has 1 rings (SSSR count). The highest BCUT2D eigenvalue weighted by Gasteiger charge is 2.36. The minimum absolute atomic E-state index is 0.373. The van der Waals surface area contributed by atoms with E-state index < -0.39 is 37.1 Å². The molecular formula is C10H15F3N2O3. The number of piperidine rings is 1. The van der Waals surface area contributed by atoms with Crippen molar-refractivity contribution in [2.45, 2.75) is 19.0 Å². The maximum Gasteiger partial charge on any atom is 0.406 e. The summed E-state index contributed by atoms with van der Waals surface area (Å²) in [6, 6.07) is 0. The van der Waals surface area contributed by atoms with Gasteiger partial charge in [-0.2, -0.15) is 13.2 Å². The van der Waals surface area contributed by atoms with Crippen molar-refractivity contribution in [1.29, 1.82) is 0 Å². The number of rotatable bonds is 4. The van der Waals surface area contributed by atoms with E-state index in [0.717, 1.165) is 0 Å². The van der Waals surface area contributed by atoms with Crippen molar-refractivity contribution < 1.29 is 27.9 Å². The smallest absolute Gasteiger partial charge is 0.406 e. The number of carbonyl (C=O) groups is 2. The van der Waals surface area contributed by atoms with E-state index in [0.29, 0.717) is 30.8 Å². The Bertz CT molecular complexity index is 314. The van der Waals surface area contributed by atoms with Gasteiger partial charge in [0.05, 0.1) is 0 Å². The first kappa shape index (κ1) is 14.7. The summed E-state index contributed by atoms with van der Waals surface area (Å²) in [5.74, 6) is -2.69. The summed E-state index contributed by atoms with van der Waals surface area (Å²) >= 11 is 0. The van der Waals surface area contributed by atoms with E-state index in [1.165, 1.54) is 0 Å². The van der Waals surface area contributed by atoms with Gasteiger partial charge in [0.2, 0.25) is 5.91 Å². The Hall–Kier alpha value is -1.31. The number of nitrogens with zero attached hydrogens (tertiary/aromatic N) is 1. The van der Waals surface area contributed by atoms with Crippen LogP contribution in [0.25, 0.3) is 0 Å². The van der Waals surface area contributed by atoms with Crippen LogP contribution in [0.5, 0.6) is 0 Å². The van der Waals surface area contributed by atoms with Crippen LogP contribution in [0.15, 0.2) is 0 Å². The summed E-state index contributed by atoms with van der Waals surface area (Å²) in [6.45, 7) is -1.31. The Morgan fingerprint density at radius 3 is 2.28 bits per heavy atom. The predicted octanol–water partition coefficient (Wildman–Crippen LogP) is 0.461. The van der Waals surface area contributed by atoms with Gasteiger partial charge in [-0.05, 0) is 25.9 Å². The minimum Gasteiger partial charge on any atom is -0.480 e. The van der Waals surface area contributed by atoms with E-state index in [4.69, 9.17) is 5.11 Å². The molecule has 0 radical (unpaired) electrons. The average Bonchev–Trinajstić information content (AvgIpc) is 2.26. The zero-order valence-corrected chi connectivity index (χ0v) is 9.66. The summed E-state index contributed by atoms with van der Waals surface area (Å²) in [7, 11) is 0. The third kappa shape index (κ3) is 4.91. The first-order valence-corrected chi connectivity index (χ1v) is 5.57. The van der Waals surface area contributed by atoms with Crippen LogP contribution in [-0.4, -0.2) is 54.2 Å². The highest BCUT2D eigenvalue weighted by Crippen LogP contribution is 2.20. The third-order valence-corrected chi connectivity index (χ3v) is 2.70. The van der Waals surface area contributed by atoms with Crippen LogP contribution in [0, 0.1) is 5.92 Å². The van der Waals surface area contributed by atoms with Crippen molar-refractivity contribution in [3.63, 3.8) is 0 Å². The van der Waals surface area contributed by atoms with Crippen molar-refractivity contribution in [3.8, 4) is 0 Å². The fourth-order valence-corrected chi connectivity index (χ4v) is 1.92. The molecule has 0 bridgehead atoms. The van der Waals surface area contributed by atoms with Gasteiger partial charge in [-0.3, -0.25) is 9.59 Å². The van der Waals surface area contributed by atoms with Crippen molar-refractivity contribution >= 4 is 11.9 Å². The molecule has 1 saturated heterocycles. The molecule has 1 aliphatic heterocycles. The molecule has 0 saturated carbocycles. The van der Waals surface area contributed by atoms with Crippen molar-refractivity contribution in [3.05, 3.63) is 0 Å². The van der Waals surface area contributed by atoms with E-state index in [9.17, 15) is 22.8 Å². The second-order valence-electron chi connectivity index (χ2n) is 4.23. The molecule has 1 heterocycles. The molecule has 0 aromatic rings. The largest absolute Gasteiger partial charge is 0.480 e. The Morgan fingerprint density at radius 2 is 1.83 bits per heavy atom. The summed E-state index contributed by atoms with van der Waals surface area (Å²) < 4.78 is 36.9. The number of alkyl halides is 3. The maximum atomic E-state index is 12.3. The molecule has 0 aromatic heterocycles. The highest BCUT2D eigenvalue weighted by molar-refractivity contribution is 5.83. The van der Waals surface area contributed by atoms with Gasteiger partial charge in [-0.1, -0.05) is 0 Å². The van der Waals surface area contributed by atoms with Gasteiger partial charge in [-0.15, -0.1) is 0 Å². The molecule has 5 nitrogen and oxygen atoms in total. The van der Waals surface area contributed by atoms with E-state index >= 15 is 0 Å². The van der Waals surface area contributed by atoms with Crippen LogP contribution in [-0.2, 0) is 9.59 Å². The number of carboxylic acid groups (broad SMARTS) is 1. The Balaban J connectivity index is 2.68. The number of hydrogen-bond donors (Lipinski definition) is 2. The van der Waals surface area contributed by atoms with Crippen LogP contribution in [0.4, 0.5) is 13.2 Å². The summed E-state index contributed by atoms with van der Waals surface area (Å²) in [5, 5.41) is 11.5. The molecular weight excluding hydrogens is 253 g/mol. The standard InChI is InChI=1S/C10H15F3N2O3/c11-10(12,13)6-15(5-8(16)17)9(18)7-1-3-14-4-2-7/h7,14H,1-6H2,(H,16,17). The first-order valence-electron chi connectivity index (χ1n) is 5.57. The zero-order valence-electron chi connectivity index (χ0n) is 9.66. The number of carboxylic acids is 1. The fourth-order valence-electron chi connectivity index (χ4n) is 1.92. The molecule has 0 atom stereocenters. The van der Waals surface area contributed by atoms with Gasteiger partial charge in [0, 0.05) is 5.92 Å². The molecule has 8 heteroatoms. The SMILES string of the molecule is O=C(O)CN(CC(F)(F)F)C(=O)C1CCNCC1. The summed E-state index contributed by atoms with van der Waals surface area (Å²) in [6.07, 6.45) is -3.71. The second kappa shape index (κ2) is 6.03. The molecule has 104 valence electrons. The monoisotopic (exact) mass is 268 g/mol. The van der Waals surface area contributed by atoms with Gasteiger partial charge in [0.15, 0.2) is 0 Å². The maximum absolute atomic E-state index is 12.3. The molecule has 0 spiro atoms. The Kier molecular flexibility index (Phi) is 4.94. The number of carbonyl (C=O) groups excluding carboxylic acids is 1. The number of amides is 1. The van der Waals surface area contributed by atoms with Gasteiger partial charge >= 0.3 is 12.1 Å². The van der Waals surface area contributed by atoms with Gasteiger partial charge in [-0.25, -0.2) is 0 Å². The van der Waals surface area contributed by atoms with Crippen LogP contribution in [0.2, 0.25) is 0 Å². The molecule has 0 unspecified atom stereocenters. The zero-order chi connectivity index (χ0) is 13.8. The number of aliphatic carboxylic acids is 1. The van der Waals surface area contributed by atoms with Crippen molar-refractivity contribution in [2.24, 2.45) is 5.92 Å². The normalized spacial score (nSPS) is 17.5. The first-order chi connectivity index (χ1) is 8.29. The van der Waals surface area contributed by atoms with Crippen LogP contribution >= 0.6 is 0 Å². The molecule has 1 fully saturated rings. The number of nitrogens with one attached hydrogen (secondary N) is 1. The second-order valence-corrected chi connectivity index (χ2v) is 4.23. The fraction of sp³-hybridized carbons (Fsp3) is 0.800. The lowest BCUT2D eigenvalue weighted by Crippen LogP contribution is -2.46. The topological polar surface area (TPSA) is 69.6 Å². The average molecular weight is 268 g/mol. The molecule has 0 aromatic carbocycles. The molecule has 1 aliphatic rings. The highest BCUT2D eigenvalue weighted by atomic mass is 19.4. The van der Waals surface area contributed by atoms with Crippen LogP contribution < -0.4 is 5.32 Å². The lowest BCUT2D eigenvalue weighted by molar-refractivity contribution is -0.168. The quantitative estimate of drug-likeness (QED) is 0.777. The molecule has 18 heavy (non-hydrogen) atoms. The molecule has 1 amide bonds. The van der Waals surface area contributed by atoms with Gasteiger partial charge < -0.3 is 15.3 Å². The summed E-state index contributed by atoms with van der Waals surface area (Å²) in [4.78, 5) is 22.7. The Labute approximate surface area is 102 Å². The molecule has 2 N–H and O–H groups in total. The number of hydrogen-bond acceptors (Lipinski definition) is 3. The Morgan fingerprint density at radius 1 is 1.28 bits per heavy atom. The lowest BCUT2D eigenvalue weighted by atomic mass is 9.96. The van der Waals surface area contributed by atoms with E-state index in [1.54, 1.807) is 0 Å². The van der Waals surface area contributed by atoms with E-state index in [-0.39, 0.29) is 0 Å². The van der Waals surface area contributed by atoms with Gasteiger partial charge in [0.25, 0.3) is 0 Å². The predicted molar refractivity (Wildman–Crippen MR) is 55.9 cm³/mol. The lowest BCUT2D eigenvalue weighted by Gasteiger charge is -2.29. The molecule has 0 aliphatic carbocycles. The van der Waals surface area contributed by atoms with Crippen LogP contribution in [0.3, 0.4) is 0 Å². The minimum atomic E-state index is -4.59.